The number of nitrogens with zero attached hydrogens (tertiary/aromatic N) is 3. The lowest BCUT2D eigenvalue weighted by Gasteiger charge is -2.18. The van der Waals surface area contributed by atoms with E-state index in [2.05, 4.69) is 4.40 Å². The molecule has 186 valence electrons. The van der Waals surface area contributed by atoms with E-state index in [0.717, 1.165) is 16.8 Å². The molecule has 1 aliphatic rings. The number of nitrogens with one attached hydrogen (secondary N) is 1. The highest BCUT2D eigenvalue weighted by Gasteiger charge is 2.34. The molecule has 1 aromatic heterocycles. The van der Waals surface area contributed by atoms with Crippen LogP contribution in [0, 0.1) is 5.41 Å². The van der Waals surface area contributed by atoms with Crippen molar-refractivity contribution in [2.45, 2.75) is 10.8 Å². The third-order valence-electron chi connectivity index (χ3n) is 5.81. The van der Waals surface area contributed by atoms with E-state index in [1.165, 1.54) is 40.6 Å². The van der Waals surface area contributed by atoms with Crippen LogP contribution in [0.25, 0.3) is 0 Å². The molecule has 0 radical (unpaired) electrons. The van der Waals surface area contributed by atoms with Crippen LogP contribution in [-0.2, 0) is 10.0 Å². The summed E-state index contributed by atoms with van der Waals surface area (Å²) in [6.45, 7) is 0.310. The van der Waals surface area contributed by atoms with Crippen LogP contribution >= 0.6 is 34.5 Å². The molecule has 1 aliphatic heterocycles. The van der Waals surface area contributed by atoms with Crippen molar-refractivity contribution in [2.75, 3.05) is 6.54 Å². The average molecular weight is 568 g/mol. The Morgan fingerprint density at radius 2 is 1.57 bits per heavy atom. The first kappa shape index (κ1) is 25.4. The monoisotopic (exact) mass is 566 g/mol. The van der Waals surface area contributed by atoms with E-state index < -0.39 is 10.0 Å². The van der Waals surface area contributed by atoms with Gasteiger partial charge in [-0.25, -0.2) is 5.01 Å². The predicted molar refractivity (Wildman–Crippen MR) is 151 cm³/mol. The van der Waals surface area contributed by atoms with Crippen molar-refractivity contribution in [1.82, 2.24) is 5.01 Å². The zero-order chi connectivity index (χ0) is 26.0. The molecule has 0 saturated heterocycles. The van der Waals surface area contributed by atoms with Crippen molar-refractivity contribution >= 4 is 61.8 Å². The summed E-state index contributed by atoms with van der Waals surface area (Å²) in [5.74, 6) is -0.232. The Balaban J connectivity index is 1.63. The van der Waals surface area contributed by atoms with Crippen LogP contribution in [0.1, 0.15) is 21.9 Å². The first-order valence-electron chi connectivity index (χ1n) is 11.2. The highest BCUT2D eigenvalue weighted by molar-refractivity contribution is 7.90. The fraction of sp³-hybridized carbons (Fsp3) is 0.0741. The van der Waals surface area contributed by atoms with Gasteiger partial charge in [-0.05, 0) is 59.0 Å². The number of hydrogen-bond donors (Lipinski definition) is 1. The summed E-state index contributed by atoms with van der Waals surface area (Å²) in [6.07, 6.45) is 0. The number of hydrazone groups is 1. The van der Waals surface area contributed by atoms with Crippen molar-refractivity contribution in [3.05, 3.63) is 122 Å². The van der Waals surface area contributed by atoms with Crippen LogP contribution < -0.4 is 0 Å². The third-order valence-corrected chi connectivity index (χ3v) is 8.48. The SMILES string of the molecule is N=C(/C(=N\S(=O)(=O)c1ccc(Cl)cc1)N1CC(c2ccccc2)C(c2ccc(Cl)cc2)=N1)c1cccs1. The molecule has 3 aromatic carbocycles. The molecule has 5 rings (SSSR count). The summed E-state index contributed by atoms with van der Waals surface area (Å²) in [4.78, 5) is 0.561. The van der Waals surface area contributed by atoms with Gasteiger partial charge in [0.05, 0.1) is 22.0 Å². The minimum absolute atomic E-state index is 0.0194. The van der Waals surface area contributed by atoms with E-state index in [0.29, 0.717) is 21.5 Å². The van der Waals surface area contributed by atoms with E-state index in [1.807, 2.05) is 47.8 Å². The van der Waals surface area contributed by atoms with Gasteiger partial charge in [0.2, 0.25) is 0 Å². The maximum Gasteiger partial charge on any atom is 0.284 e. The van der Waals surface area contributed by atoms with Crippen molar-refractivity contribution in [3.8, 4) is 0 Å². The minimum Gasteiger partial charge on any atom is -0.296 e. The molecular weight excluding hydrogens is 547 g/mol. The smallest absolute Gasteiger partial charge is 0.284 e. The molecule has 0 bridgehead atoms. The van der Waals surface area contributed by atoms with E-state index in [-0.39, 0.29) is 22.4 Å². The highest BCUT2D eigenvalue weighted by Crippen LogP contribution is 2.31. The predicted octanol–water partition coefficient (Wildman–Crippen LogP) is 6.71. The molecule has 0 saturated carbocycles. The second-order valence-electron chi connectivity index (χ2n) is 8.23. The van der Waals surface area contributed by atoms with E-state index >= 15 is 0 Å². The van der Waals surface area contributed by atoms with E-state index in [1.54, 1.807) is 24.3 Å². The van der Waals surface area contributed by atoms with Gasteiger partial charge >= 0.3 is 0 Å². The van der Waals surface area contributed by atoms with Crippen molar-refractivity contribution in [1.29, 1.82) is 5.41 Å². The molecule has 2 heterocycles. The topological polar surface area (TPSA) is 85.9 Å². The summed E-state index contributed by atoms with van der Waals surface area (Å²) in [5, 5.41) is 18.1. The minimum atomic E-state index is -4.15. The summed E-state index contributed by atoms with van der Waals surface area (Å²) >= 11 is 13.4. The van der Waals surface area contributed by atoms with Crippen LogP contribution in [0.5, 0.6) is 0 Å². The second kappa shape index (κ2) is 10.6. The normalized spacial score (nSPS) is 16.1. The van der Waals surface area contributed by atoms with Crippen LogP contribution in [-0.4, -0.2) is 37.2 Å². The van der Waals surface area contributed by atoms with Gasteiger partial charge in [0.1, 0.15) is 5.71 Å². The molecule has 0 amide bonds. The lowest BCUT2D eigenvalue weighted by molar-refractivity contribution is 0.481. The summed E-state index contributed by atoms with van der Waals surface area (Å²) in [5.41, 5.74) is 2.57. The molecule has 0 aliphatic carbocycles. The van der Waals surface area contributed by atoms with Gasteiger partial charge in [0.15, 0.2) is 5.84 Å². The standard InChI is InChI=1S/C27H20Cl2N4O2S2/c28-20-10-8-19(9-11-20)26-23(18-5-2-1-3-6-18)17-33(31-26)27(25(30)24-7-4-16-36-24)32-37(34,35)22-14-12-21(29)13-15-22/h1-16,23,30H,17H2/b30-25?,32-27+. The Morgan fingerprint density at radius 3 is 2.19 bits per heavy atom. The second-order valence-corrected chi connectivity index (χ2v) is 11.7. The Labute approximate surface area is 229 Å². The van der Waals surface area contributed by atoms with Crippen LogP contribution in [0.15, 0.2) is 111 Å². The van der Waals surface area contributed by atoms with E-state index in [4.69, 9.17) is 33.7 Å². The van der Waals surface area contributed by atoms with Crippen molar-refractivity contribution < 1.29 is 8.42 Å². The number of hydrogen-bond acceptors (Lipinski definition) is 5. The molecule has 37 heavy (non-hydrogen) atoms. The van der Waals surface area contributed by atoms with Crippen LogP contribution in [0.2, 0.25) is 10.0 Å². The number of halogens is 2. The molecule has 1 unspecified atom stereocenters. The number of rotatable bonds is 6. The molecule has 1 atom stereocenters. The van der Waals surface area contributed by atoms with Crippen molar-refractivity contribution in [2.24, 2.45) is 9.50 Å². The maximum absolute atomic E-state index is 13.3. The number of sulfonamides is 1. The summed E-state index contributed by atoms with van der Waals surface area (Å²) in [7, 11) is -4.15. The Hall–Kier alpha value is -3.30. The number of thiophene rings is 1. The molecular formula is C27H20Cl2N4O2S2. The molecule has 0 fully saturated rings. The molecule has 6 nitrogen and oxygen atoms in total. The number of amidine groups is 1. The van der Waals surface area contributed by atoms with E-state index in [9.17, 15) is 8.42 Å². The summed E-state index contributed by atoms with van der Waals surface area (Å²) < 4.78 is 30.8. The molecule has 4 aromatic rings. The lowest BCUT2D eigenvalue weighted by atomic mass is 9.90. The fourth-order valence-corrected chi connectivity index (χ4v) is 5.91. The first-order chi connectivity index (χ1) is 17.8. The molecule has 10 heteroatoms. The van der Waals surface area contributed by atoms with Gasteiger partial charge < -0.3 is 0 Å². The van der Waals surface area contributed by atoms with Gasteiger partial charge in [0, 0.05) is 16.0 Å². The number of benzene rings is 3. The van der Waals surface area contributed by atoms with Gasteiger partial charge in [-0.1, -0.05) is 71.7 Å². The summed E-state index contributed by atoms with van der Waals surface area (Å²) in [6, 6.07) is 26.5. The van der Waals surface area contributed by atoms with Gasteiger partial charge in [-0.2, -0.15) is 13.5 Å². The van der Waals surface area contributed by atoms with Gasteiger partial charge in [0.25, 0.3) is 10.0 Å². The Morgan fingerprint density at radius 1 is 0.919 bits per heavy atom. The maximum atomic E-state index is 13.3. The largest absolute Gasteiger partial charge is 0.296 e. The lowest BCUT2D eigenvalue weighted by Crippen LogP contribution is -2.33. The highest BCUT2D eigenvalue weighted by atomic mass is 35.5. The average Bonchev–Trinajstić information content (AvgIpc) is 3.59. The first-order valence-corrected chi connectivity index (χ1v) is 14.3. The van der Waals surface area contributed by atoms with Crippen LogP contribution in [0.4, 0.5) is 0 Å². The Kier molecular flexibility index (Phi) is 7.26. The fourth-order valence-electron chi connectivity index (χ4n) is 3.99. The third kappa shape index (κ3) is 5.52. The van der Waals surface area contributed by atoms with Crippen LogP contribution in [0.3, 0.4) is 0 Å². The zero-order valence-corrected chi connectivity index (χ0v) is 22.4. The van der Waals surface area contributed by atoms with Gasteiger partial charge in [-0.15, -0.1) is 15.7 Å². The molecule has 0 spiro atoms. The molecule has 1 N–H and O–H groups in total. The Bertz CT molecular complexity index is 1580. The van der Waals surface area contributed by atoms with Crippen molar-refractivity contribution in [3.63, 3.8) is 0 Å². The van der Waals surface area contributed by atoms with Gasteiger partial charge in [-0.3, -0.25) is 5.41 Å². The quantitative estimate of drug-likeness (QED) is 0.208. The zero-order valence-electron chi connectivity index (χ0n) is 19.3.